The third-order valence-corrected chi connectivity index (χ3v) is 5.09. The lowest BCUT2D eigenvalue weighted by Gasteiger charge is -2.07. The molecule has 0 radical (unpaired) electrons. The van der Waals surface area contributed by atoms with Gasteiger partial charge >= 0.3 is 0 Å². The van der Waals surface area contributed by atoms with E-state index >= 15 is 0 Å². The van der Waals surface area contributed by atoms with Crippen molar-refractivity contribution >= 4 is 27.4 Å². The number of anilines is 1. The number of benzene rings is 1. The molecule has 106 valence electrons. The summed E-state index contributed by atoms with van der Waals surface area (Å²) in [4.78, 5) is 11.8. The van der Waals surface area contributed by atoms with Crippen LogP contribution >= 0.6 is 11.3 Å². The van der Waals surface area contributed by atoms with E-state index in [-0.39, 0.29) is 5.82 Å². The summed E-state index contributed by atoms with van der Waals surface area (Å²) in [7, 11) is 1.88. The summed E-state index contributed by atoms with van der Waals surface area (Å²) in [6, 6.07) is 6.32. The lowest BCUT2D eigenvalue weighted by Crippen LogP contribution is -1.98. The van der Waals surface area contributed by atoms with Crippen molar-refractivity contribution in [1.82, 2.24) is 9.97 Å². The topological polar surface area (TPSA) is 37.8 Å². The smallest absolute Gasteiger partial charge is 0.163 e. The minimum atomic E-state index is -0.247. The molecular formula is C16H14FN3S. The Hall–Kier alpha value is -2.01. The number of nitrogens with zero attached hydrogens (tertiary/aromatic N) is 2. The van der Waals surface area contributed by atoms with Crippen LogP contribution in [0.15, 0.2) is 24.3 Å². The fourth-order valence-electron chi connectivity index (χ4n) is 2.90. The first-order valence-corrected chi connectivity index (χ1v) is 7.84. The molecule has 0 fully saturated rings. The highest BCUT2D eigenvalue weighted by Crippen LogP contribution is 2.40. The molecule has 1 N–H and O–H groups in total. The predicted octanol–water partition coefficient (Wildman–Crippen LogP) is 4.03. The molecule has 1 aromatic carbocycles. The van der Waals surface area contributed by atoms with Crippen LogP contribution in [0.2, 0.25) is 0 Å². The average Bonchev–Trinajstić information content (AvgIpc) is 3.07. The van der Waals surface area contributed by atoms with Gasteiger partial charge in [-0.2, -0.15) is 0 Å². The van der Waals surface area contributed by atoms with Crippen LogP contribution in [-0.4, -0.2) is 17.0 Å². The highest BCUT2D eigenvalue weighted by atomic mass is 32.1. The third-order valence-electron chi connectivity index (χ3n) is 3.90. The summed E-state index contributed by atoms with van der Waals surface area (Å²) >= 11 is 1.76. The van der Waals surface area contributed by atoms with Crippen molar-refractivity contribution in [2.75, 3.05) is 12.4 Å². The summed E-state index contributed by atoms with van der Waals surface area (Å²) in [6.45, 7) is 0. The van der Waals surface area contributed by atoms with Gasteiger partial charge in [-0.1, -0.05) is 0 Å². The van der Waals surface area contributed by atoms with Gasteiger partial charge < -0.3 is 5.32 Å². The second-order valence-corrected chi connectivity index (χ2v) is 6.27. The second-order valence-electron chi connectivity index (χ2n) is 5.19. The quantitative estimate of drug-likeness (QED) is 0.776. The SMILES string of the molecule is CNc1nc(-c2ccc(F)cc2)nc2sc3c(c12)CCC3. The van der Waals surface area contributed by atoms with Crippen LogP contribution in [0.3, 0.4) is 0 Å². The summed E-state index contributed by atoms with van der Waals surface area (Å²) in [5, 5.41) is 4.36. The van der Waals surface area contributed by atoms with Crippen molar-refractivity contribution in [3.63, 3.8) is 0 Å². The molecular weight excluding hydrogens is 285 g/mol. The molecule has 0 bridgehead atoms. The van der Waals surface area contributed by atoms with Crippen LogP contribution in [0.1, 0.15) is 16.9 Å². The largest absolute Gasteiger partial charge is 0.372 e. The van der Waals surface area contributed by atoms with Gasteiger partial charge in [-0.3, -0.25) is 0 Å². The number of aromatic nitrogens is 2. The molecule has 0 saturated heterocycles. The fraction of sp³-hybridized carbons (Fsp3) is 0.250. The normalized spacial score (nSPS) is 13.6. The Bertz CT molecular complexity index is 824. The van der Waals surface area contributed by atoms with E-state index in [0.717, 1.165) is 29.1 Å². The van der Waals surface area contributed by atoms with E-state index < -0.39 is 0 Å². The Morgan fingerprint density at radius 1 is 1.14 bits per heavy atom. The number of hydrogen-bond donors (Lipinski definition) is 1. The third kappa shape index (κ3) is 2.00. The van der Waals surface area contributed by atoms with Gasteiger partial charge in [0, 0.05) is 17.5 Å². The molecule has 21 heavy (non-hydrogen) atoms. The zero-order chi connectivity index (χ0) is 14.4. The van der Waals surface area contributed by atoms with E-state index in [9.17, 15) is 4.39 Å². The number of aryl methyl sites for hydroxylation is 2. The Morgan fingerprint density at radius 2 is 1.95 bits per heavy atom. The van der Waals surface area contributed by atoms with Gasteiger partial charge in [-0.15, -0.1) is 11.3 Å². The lowest BCUT2D eigenvalue weighted by atomic mass is 10.1. The van der Waals surface area contributed by atoms with Gasteiger partial charge in [0.05, 0.1) is 5.39 Å². The molecule has 3 aromatic rings. The first-order valence-electron chi connectivity index (χ1n) is 7.02. The van der Waals surface area contributed by atoms with Crippen LogP contribution in [-0.2, 0) is 12.8 Å². The maximum absolute atomic E-state index is 13.1. The molecule has 1 aliphatic rings. The molecule has 2 heterocycles. The molecule has 4 rings (SSSR count). The van der Waals surface area contributed by atoms with Crippen molar-refractivity contribution in [2.24, 2.45) is 0 Å². The average molecular weight is 299 g/mol. The minimum Gasteiger partial charge on any atom is -0.372 e. The Labute approximate surface area is 125 Å². The van der Waals surface area contributed by atoms with Gasteiger partial charge in [-0.25, -0.2) is 14.4 Å². The number of thiophene rings is 1. The summed E-state index contributed by atoms with van der Waals surface area (Å²) in [5.41, 5.74) is 2.24. The zero-order valence-corrected chi connectivity index (χ0v) is 12.4. The summed E-state index contributed by atoms with van der Waals surface area (Å²) in [6.07, 6.45) is 3.48. The maximum Gasteiger partial charge on any atom is 0.163 e. The number of fused-ring (bicyclic) bond motifs is 3. The van der Waals surface area contributed by atoms with Crippen LogP contribution in [0.5, 0.6) is 0 Å². The van der Waals surface area contributed by atoms with E-state index in [1.54, 1.807) is 23.5 Å². The van der Waals surface area contributed by atoms with Crippen molar-refractivity contribution in [3.8, 4) is 11.4 Å². The highest BCUT2D eigenvalue weighted by Gasteiger charge is 2.22. The molecule has 0 aliphatic heterocycles. The summed E-state index contributed by atoms with van der Waals surface area (Å²) < 4.78 is 13.1. The monoisotopic (exact) mass is 299 g/mol. The molecule has 3 nitrogen and oxygen atoms in total. The molecule has 0 saturated carbocycles. The van der Waals surface area contributed by atoms with Gasteiger partial charge in [0.1, 0.15) is 16.5 Å². The standard InChI is InChI=1S/C16H14FN3S/c1-18-15-13-11-3-2-4-12(11)21-16(13)20-14(19-15)9-5-7-10(17)8-6-9/h5-8H,2-4H2,1H3,(H,18,19,20). The van der Waals surface area contributed by atoms with Crippen LogP contribution in [0.4, 0.5) is 10.2 Å². The van der Waals surface area contributed by atoms with E-state index in [2.05, 4.69) is 10.3 Å². The Balaban J connectivity index is 1.94. The van der Waals surface area contributed by atoms with E-state index in [0.29, 0.717) is 5.82 Å². The van der Waals surface area contributed by atoms with Crippen LogP contribution in [0.25, 0.3) is 21.6 Å². The van der Waals surface area contributed by atoms with Crippen molar-refractivity contribution < 1.29 is 4.39 Å². The molecule has 1 aliphatic carbocycles. The Kier molecular flexibility index (Phi) is 2.89. The first kappa shape index (κ1) is 12.7. The molecule has 0 unspecified atom stereocenters. The summed E-state index contributed by atoms with van der Waals surface area (Å²) in [5.74, 6) is 1.27. The van der Waals surface area contributed by atoms with Crippen molar-refractivity contribution in [3.05, 3.63) is 40.5 Å². The van der Waals surface area contributed by atoms with Gasteiger partial charge in [0.25, 0.3) is 0 Å². The van der Waals surface area contributed by atoms with Crippen LogP contribution in [0, 0.1) is 5.82 Å². The van der Waals surface area contributed by atoms with Gasteiger partial charge in [-0.05, 0) is 49.1 Å². The molecule has 2 aromatic heterocycles. The molecule has 0 spiro atoms. The van der Waals surface area contributed by atoms with Gasteiger partial charge in [0.2, 0.25) is 0 Å². The predicted molar refractivity (Wildman–Crippen MR) is 84.4 cm³/mol. The van der Waals surface area contributed by atoms with E-state index in [4.69, 9.17) is 4.98 Å². The van der Waals surface area contributed by atoms with Crippen LogP contribution < -0.4 is 5.32 Å². The van der Waals surface area contributed by atoms with Crippen molar-refractivity contribution in [2.45, 2.75) is 19.3 Å². The van der Waals surface area contributed by atoms with E-state index in [1.165, 1.54) is 34.4 Å². The maximum atomic E-state index is 13.1. The number of halogens is 1. The number of hydrogen-bond acceptors (Lipinski definition) is 4. The zero-order valence-electron chi connectivity index (χ0n) is 11.6. The second kappa shape index (κ2) is 4.77. The Morgan fingerprint density at radius 3 is 2.71 bits per heavy atom. The number of nitrogens with one attached hydrogen (secondary N) is 1. The molecule has 0 amide bonds. The number of rotatable bonds is 2. The van der Waals surface area contributed by atoms with Gasteiger partial charge in [0.15, 0.2) is 5.82 Å². The minimum absolute atomic E-state index is 0.247. The lowest BCUT2D eigenvalue weighted by molar-refractivity contribution is 0.628. The fourth-order valence-corrected chi connectivity index (χ4v) is 4.17. The molecule has 5 heteroatoms. The highest BCUT2D eigenvalue weighted by molar-refractivity contribution is 7.19. The first-order chi connectivity index (χ1) is 10.3. The van der Waals surface area contributed by atoms with E-state index in [1.807, 2.05) is 7.05 Å². The van der Waals surface area contributed by atoms with Crippen molar-refractivity contribution in [1.29, 1.82) is 0 Å². The molecule has 0 atom stereocenters.